The highest BCUT2D eigenvalue weighted by Crippen LogP contribution is 2.18. The Bertz CT molecular complexity index is 319. The SMILES string of the molecule is CCCCSN(S)C(=O)Oc1ccccc1. The average Bonchev–Trinajstić information content (AvgIpc) is 2.30. The van der Waals surface area contributed by atoms with Crippen molar-refractivity contribution in [2.75, 3.05) is 5.75 Å². The Hall–Kier alpha value is -0.810. The van der Waals surface area contributed by atoms with Crippen LogP contribution in [0.25, 0.3) is 0 Å². The van der Waals surface area contributed by atoms with Crippen LogP contribution in [-0.4, -0.2) is 15.6 Å². The van der Waals surface area contributed by atoms with Gasteiger partial charge in [-0.1, -0.05) is 31.5 Å². The molecule has 1 amide bonds. The number of ether oxygens (including phenoxy) is 1. The summed E-state index contributed by atoms with van der Waals surface area (Å²) in [5, 5.41) is 0. The molecular formula is C11H15NO2S2. The minimum Gasteiger partial charge on any atom is -0.409 e. The lowest BCUT2D eigenvalue weighted by Crippen LogP contribution is -2.19. The number of rotatable bonds is 5. The summed E-state index contributed by atoms with van der Waals surface area (Å²) < 4.78 is 6.32. The molecule has 5 heteroatoms. The molecule has 0 aliphatic rings. The zero-order chi connectivity index (χ0) is 11.8. The van der Waals surface area contributed by atoms with Crippen molar-refractivity contribution < 1.29 is 9.53 Å². The standard InChI is InChI=1S/C11H15NO2S2/c1-2-3-9-16-12(15)11(13)14-10-7-5-4-6-8-10/h4-8,15H,2-3,9H2,1H3. The Morgan fingerprint density at radius 2 is 2.12 bits per heavy atom. The van der Waals surface area contributed by atoms with Gasteiger partial charge in [-0.3, -0.25) is 0 Å². The van der Waals surface area contributed by atoms with E-state index >= 15 is 0 Å². The van der Waals surface area contributed by atoms with E-state index in [0.29, 0.717) is 5.75 Å². The highest BCUT2D eigenvalue weighted by atomic mass is 32.2. The molecule has 0 saturated heterocycles. The topological polar surface area (TPSA) is 29.5 Å². The Labute approximate surface area is 106 Å². The molecule has 0 saturated carbocycles. The molecule has 1 aromatic carbocycles. The first-order valence-corrected chi connectivity index (χ1v) is 6.47. The molecule has 3 nitrogen and oxygen atoms in total. The third-order valence-electron chi connectivity index (χ3n) is 1.82. The van der Waals surface area contributed by atoms with Gasteiger partial charge >= 0.3 is 6.09 Å². The van der Waals surface area contributed by atoms with E-state index in [0.717, 1.165) is 18.6 Å². The van der Waals surface area contributed by atoms with Gasteiger partial charge in [-0.05, 0) is 43.3 Å². The molecule has 0 aliphatic carbocycles. The molecule has 0 heterocycles. The highest BCUT2D eigenvalue weighted by molar-refractivity contribution is 8.06. The fourth-order valence-corrected chi connectivity index (χ4v) is 2.00. The number of hydrogen-bond donors (Lipinski definition) is 1. The summed E-state index contributed by atoms with van der Waals surface area (Å²) in [4.78, 5) is 11.5. The van der Waals surface area contributed by atoms with Crippen LogP contribution in [0.2, 0.25) is 0 Å². The van der Waals surface area contributed by atoms with Gasteiger partial charge in [-0.2, -0.15) is 3.71 Å². The van der Waals surface area contributed by atoms with Crippen LogP contribution in [0.15, 0.2) is 30.3 Å². The molecule has 88 valence electrons. The molecule has 0 aliphatic heterocycles. The molecule has 0 bridgehead atoms. The number of nitrogens with zero attached hydrogens (tertiary/aromatic N) is 1. The van der Waals surface area contributed by atoms with Crippen LogP contribution >= 0.6 is 24.8 Å². The first-order valence-electron chi connectivity index (χ1n) is 5.13. The third-order valence-corrected chi connectivity index (χ3v) is 3.19. The number of carbonyl (C=O) groups excluding carboxylic acids is 1. The third kappa shape index (κ3) is 4.81. The zero-order valence-electron chi connectivity index (χ0n) is 9.13. The second-order valence-electron chi connectivity index (χ2n) is 3.14. The Morgan fingerprint density at radius 3 is 2.75 bits per heavy atom. The molecular weight excluding hydrogens is 242 g/mol. The van der Waals surface area contributed by atoms with Crippen molar-refractivity contribution in [1.29, 1.82) is 0 Å². The van der Waals surface area contributed by atoms with Gasteiger partial charge in [0.2, 0.25) is 0 Å². The van der Waals surface area contributed by atoms with Crippen molar-refractivity contribution in [3.05, 3.63) is 30.3 Å². The summed E-state index contributed by atoms with van der Waals surface area (Å²) in [5.74, 6) is 1.40. The van der Waals surface area contributed by atoms with Gasteiger partial charge in [0.05, 0.1) is 0 Å². The summed E-state index contributed by atoms with van der Waals surface area (Å²) in [5.41, 5.74) is 0. The lowest BCUT2D eigenvalue weighted by molar-refractivity contribution is 0.197. The minimum atomic E-state index is -0.462. The van der Waals surface area contributed by atoms with Gasteiger partial charge in [0.1, 0.15) is 5.75 Å². The number of unbranched alkanes of at least 4 members (excludes halogenated alkanes) is 1. The molecule has 0 aromatic heterocycles. The van der Waals surface area contributed by atoms with E-state index in [-0.39, 0.29) is 0 Å². The minimum absolute atomic E-state index is 0.462. The maximum atomic E-state index is 11.5. The number of thiol groups is 1. The monoisotopic (exact) mass is 257 g/mol. The van der Waals surface area contributed by atoms with E-state index in [2.05, 4.69) is 19.7 Å². The second-order valence-corrected chi connectivity index (χ2v) is 4.84. The van der Waals surface area contributed by atoms with Gasteiger partial charge in [-0.25, -0.2) is 4.79 Å². The summed E-state index contributed by atoms with van der Waals surface area (Å²) in [6.07, 6.45) is 1.69. The molecule has 0 N–H and O–H groups in total. The number of hydrogen-bond acceptors (Lipinski definition) is 4. The van der Waals surface area contributed by atoms with E-state index < -0.39 is 6.09 Å². The maximum Gasteiger partial charge on any atom is 0.435 e. The van der Waals surface area contributed by atoms with E-state index in [4.69, 9.17) is 4.74 Å². The van der Waals surface area contributed by atoms with Gasteiger partial charge in [0.15, 0.2) is 0 Å². The van der Waals surface area contributed by atoms with Crippen LogP contribution in [-0.2, 0) is 0 Å². The van der Waals surface area contributed by atoms with Crippen molar-refractivity contribution >= 4 is 30.9 Å². The number of benzene rings is 1. The predicted molar refractivity (Wildman–Crippen MR) is 70.7 cm³/mol. The second kappa shape index (κ2) is 7.46. The smallest absolute Gasteiger partial charge is 0.409 e. The summed E-state index contributed by atoms with van der Waals surface area (Å²) >= 11 is 5.40. The van der Waals surface area contributed by atoms with E-state index in [1.54, 1.807) is 12.1 Å². The van der Waals surface area contributed by atoms with Crippen LogP contribution in [0, 0.1) is 0 Å². The van der Waals surface area contributed by atoms with Crippen molar-refractivity contribution in [1.82, 2.24) is 3.71 Å². The summed E-state index contributed by atoms with van der Waals surface area (Å²) in [6, 6.07) is 8.96. The van der Waals surface area contributed by atoms with Crippen molar-refractivity contribution in [3.63, 3.8) is 0 Å². The van der Waals surface area contributed by atoms with Crippen LogP contribution in [0.3, 0.4) is 0 Å². The molecule has 1 aromatic rings. The molecule has 0 radical (unpaired) electrons. The van der Waals surface area contributed by atoms with Gasteiger partial charge in [0.25, 0.3) is 0 Å². The number of para-hydroxylation sites is 1. The Kier molecular flexibility index (Phi) is 6.18. The lowest BCUT2D eigenvalue weighted by atomic mass is 10.3. The Morgan fingerprint density at radius 1 is 1.44 bits per heavy atom. The lowest BCUT2D eigenvalue weighted by Gasteiger charge is -2.13. The average molecular weight is 257 g/mol. The normalized spacial score (nSPS) is 9.88. The fourth-order valence-electron chi connectivity index (χ4n) is 0.976. The van der Waals surface area contributed by atoms with Crippen LogP contribution in [0.4, 0.5) is 4.79 Å². The highest BCUT2D eigenvalue weighted by Gasteiger charge is 2.12. The molecule has 0 atom stereocenters. The van der Waals surface area contributed by atoms with Gasteiger partial charge in [0, 0.05) is 5.75 Å². The largest absolute Gasteiger partial charge is 0.435 e. The van der Waals surface area contributed by atoms with Crippen molar-refractivity contribution in [3.8, 4) is 5.75 Å². The van der Waals surface area contributed by atoms with Crippen LogP contribution in [0.1, 0.15) is 19.8 Å². The van der Waals surface area contributed by atoms with Crippen molar-refractivity contribution in [2.45, 2.75) is 19.8 Å². The summed E-state index contributed by atoms with van der Waals surface area (Å²) in [7, 11) is 0. The number of amides is 1. The number of carbonyl (C=O) groups is 1. The summed E-state index contributed by atoms with van der Waals surface area (Å²) in [6.45, 7) is 2.10. The fraction of sp³-hybridized carbons (Fsp3) is 0.364. The zero-order valence-corrected chi connectivity index (χ0v) is 10.8. The van der Waals surface area contributed by atoms with Crippen LogP contribution in [0.5, 0.6) is 5.75 Å². The first-order chi connectivity index (χ1) is 7.74. The predicted octanol–water partition coefficient (Wildman–Crippen LogP) is 3.78. The maximum absolute atomic E-state index is 11.5. The molecule has 0 spiro atoms. The molecule has 16 heavy (non-hydrogen) atoms. The Balaban J connectivity index is 2.34. The van der Waals surface area contributed by atoms with E-state index in [1.165, 1.54) is 15.7 Å². The quantitative estimate of drug-likeness (QED) is 0.494. The van der Waals surface area contributed by atoms with Crippen LogP contribution < -0.4 is 4.74 Å². The van der Waals surface area contributed by atoms with E-state index in [1.807, 2.05) is 18.2 Å². The van der Waals surface area contributed by atoms with Gasteiger partial charge in [-0.15, -0.1) is 0 Å². The van der Waals surface area contributed by atoms with Crippen molar-refractivity contribution in [2.24, 2.45) is 0 Å². The van der Waals surface area contributed by atoms with E-state index in [9.17, 15) is 4.79 Å². The van der Waals surface area contributed by atoms with Gasteiger partial charge < -0.3 is 4.74 Å². The molecule has 0 unspecified atom stereocenters. The first kappa shape index (κ1) is 13.3. The molecule has 0 fully saturated rings. The molecule has 1 rings (SSSR count).